The van der Waals surface area contributed by atoms with Crippen molar-refractivity contribution >= 4 is 22.6 Å². The average Bonchev–Trinajstić information content (AvgIpc) is 3.15. The fourth-order valence-electron chi connectivity index (χ4n) is 4.28. The van der Waals surface area contributed by atoms with Crippen LogP contribution in [-0.4, -0.2) is 31.2 Å². The number of amides is 1. The van der Waals surface area contributed by atoms with E-state index in [4.69, 9.17) is 0 Å². The van der Waals surface area contributed by atoms with Crippen molar-refractivity contribution in [2.24, 2.45) is 11.8 Å². The lowest BCUT2D eigenvalue weighted by Crippen LogP contribution is -2.29. The highest BCUT2D eigenvalue weighted by molar-refractivity contribution is 5.98. The first-order valence-electron chi connectivity index (χ1n) is 12.6. The van der Waals surface area contributed by atoms with Crippen LogP contribution in [0.1, 0.15) is 61.2 Å². The Bertz CT molecular complexity index is 1560. The number of fused-ring (bicyclic) bond motifs is 3. The summed E-state index contributed by atoms with van der Waals surface area (Å²) in [7, 11) is 0. The number of carbonyl (C=O) groups excluding carboxylic acids is 1. The molecule has 0 saturated heterocycles. The van der Waals surface area contributed by atoms with E-state index in [-0.39, 0.29) is 17.2 Å². The smallest absolute Gasteiger partial charge is 0.352 e. The van der Waals surface area contributed by atoms with E-state index in [0.29, 0.717) is 53.7 Å². The summed E-state index contributed by atoms with van der Waals surface area (Å²) in [5.41, 5.74) is 3.41. The molecule has 2 aromatic carbocycles. The second-order valence-corrected chi connectivity index (χ2v) is 10.5. The van der Waals surface area contributed by atoms with Crippen LogP contribution in [0.3, 0.4) is 0 Å². The van der Waals surface area contributed by atoms with Gasteiger partial charge in [-0.3, -0.25) is 14.2 Å². The molecule has 4 aromatic rings. The molecule has 0 unspecified atom stereocenters. The van der Waals surface area contributed by atoms with Gasteiger partial charge in [-0.15, -0.1) is 5.10 Å². The van der Waals surface area contributed by atoms with Gasteiger partial charge in [0.05, 0.1) is 17.4 Å². The van der Waals surface area contributed by atoms with Crippen LogP contribution in [0.25, 0.3) is 16.7 Å². The summed E-state index contributed by atoms with van der Waals surface area (Å²) in [6.07, 6.45) is 0.773. The molecule has 0 spiro atoms. The van der Waals surface area contributed by atoms with Crippen molar-refractivity contribution in [3.63, 3.8) is 0 Å². The zero-order chi connectivity index (χ0) is 26.1. The van der Waals surface area contributed by atoms with Gasteiger partial charge in [0.15, 0.2) is 0 Å². The van der Waals surface area contributed by atoms with Gasteiger partial charge in [0.25, 0.3) is 11.5 Å². The highest BCUT2D eigenvalue weighted by atomic mass is 16.2. The van der Waals surface area contributed by atoms with Gasteiger partial charge >= 0.3 is 5.69 Å². The monoisotopic (exact) mass is 489 g/mol. The van der Waals surface area contributed by atoms with Crippen molar-refractivity contribution in [3.8, 4) is 0 Å². The molecule has 36 heavy (non-hydrogen) atoms. The Kier molecular flexibility index (Phi) is 7.15. The van der Waals surface area contributed by atoms with Gasteiger partial charge in [-0.2, -0.15) is 0 Å². The summed E-state index contributed by atoms with van der Waals surface area (Å²) in [4.78, 5) is 40.0. The summed E-state index contributed by atoms with van der Waals surface area (Å²) < 4.78 is 4.47. The van der Waals surface area contributed by atoms with Crippen molar-refractivity contribution in [2.75, 3.05) is 6.54 Å². The van der Waals surface area contributed by atoms with Crippen molar-refractivity contribution in [1.82, 2.24) is 24.1 Å². The predicted molar refractivity (Wildman–Crippen MR) is 143 cm³/mol. The van der Waals surface area contributed by atoms with Crippen molar-refractivity contribution in [3.05, 3.63) is 79.5 Å². The molecule has 8 heteroatoms. The van der Waals surface area contributed by atoms with Crippen LogP contribution in [0, 0.1) is 25.7 Å². The molecule has 4 rings (SSSR count). The quantitative estimate of drug-likeness (QED) is 0.406. The van der Waals surface area contributed by atoms with E-state index >= 15 is 0 Å². The normalized spacial score (nSPS) is 11.8. The van der Waals surface area contributed by atoms with Crippen LogP contribution in [0.4, 0.5) is 0 Å². The maximum Gasteiger partial charge on any atom is 0.352 e. The van der Waals surface area contributed by atoms with Gasteiger partial charge in [-0.25, -0.2) is 13.9 Å². The summed E-state index contributed by atoms with van der Waals surface area (Å²) in [5, 5.41) is 7.92. The molecule has 0 aliphatic rings. The highest BCUT2D eigenvalue weighted by Gasteiger charge is 2.20. The first-order chi connectivity index (χ1) is 17.1. The summed E-state index contributed by atoms with van der Waals surface area (Å²) in [6.45, 7) is 13.5. The van der Waals surface area contributed by atoms with Gasteiger partial charge in [-0.1, -0.05) is 51.5 Å². The number of aromatic nitrogens is 4. The summed E-state index contributed by atoms with van der Waals surface area (Å²) in [5.74, 6) is 0.741. The second kappa shape index (κ2) is 10.1. The zero-order valence-corrected chi connectivity index (χ0v) is 22.0. The molecule has 0 radical (unpaired) electrons. The Morgan fingerprint density at radius 1 is 1.00 bits per heavy atom. The molecule has 0 fully saturated rings. The number of nitrogens with one attached hydrogen (secondary N) is 1. The third-order valence-corrected chi connectivity index (χ3v) is 6.47. The van der Waals surface area contributed by atoms with E-state index in [0.717, 1.165) is 23.1 Å². The van der Waals surface area contributed by atoms with Gasteiger partial charge in [0.2, 0.25) is 5.78 Å². The molecule has 2 aromatic heterocycles. The van der Waals surface area contributed by atoms with Gasteiger partial charge in [0, 0.05) is 18.7 Å². The van der Waals surface area contributed by atoms with Crippen LogP contribution in [-0.2, 0) is 13.1 Å². The molecule has 0 saturated carbocycles. The van der Waals surface area contributed by atoms with E-state index in [1.54, 1.807) is 22.8 Å². The Morgan fingerprint density at radius 2 is 1.75 bits per heavy atom. The maximum absolute atomic E-state index is 13.7. The number of hydrogen-bond donors (Lipinski definition) is 1. The van der Waals surface area contributed by atoms with Crippen LogP contribution < -0.4 is 16.6 Å². The number of carbonyl (C=O) groups is 1. The van der Waals surface area contributed by atoms with Gasteiger partial charge in [0.1, 0.15) is 0 Å². The first kappa shape index (κ1) is 25.4. The Labute approximate surface area is 210 Å². The summed E-state index contributed by atoms with van der Waals surface area (Å²) in [6, 6.07) is 11.0. The van der Waals surface area contributed by atoms with Crippen molar-refractivity contribution in [1.29, 1.82) is 0 Å². The van der Waals surface area contributed by atoms with E-state index in [1.165, 1.54) is 9.08 Å². The third kappa shape index (κ3) is 4.98. The third-order valence-electron chi connectivity index (χ3n) is 6.47. The maximum atomic E-state index is 13.7. The zero-order valence-electron chi connectivity index (χ0n) is 22.0. The van der Waals surface area contributed by atoms with Crippen molar-refractivity contribution < 1.29 is 4.79 Å². The number of benzene rings is 2. The summed E-state index contributed by atoms with van der Waals surface area (Å²) >= 11 is 0. The molecule has 0 bridgehead atoms. The van der Waals surface area contributed by atoms with Crippen LogP contribution in [0.5, 0.6) is 0 Å². The average molecular weight is 490 g/mol. The predicted octanol–water partition coefficient (Wildman–Crippen LogP) is 3.91. The Balaban J connectivity index is 1.93. The fourth-order valence-corrected chi connectivity index (χ4v) is 4.28. The number of aryl methyl sites for hydroxylation is 3. The van der Waals surface area contributed by atoms with Crippen LogP contribution in [0.15, 0.2) is 46.0 Å². The molecule has 8 nitrogen and oxygen atoms in total. The molecule has 0 aliphatic heterocycles. The molecule has 2 heterocycles. The molecule has 0 atom stereocenters. The lowest BCUT2D eigenvalue weighted by atomic mass is 10.1. The van der Waals surface area contributed by atoms with Gasteiger partial charge in [-0.05, 0) is 61.4 Å². The number of hydrogen-bond acceptors (Lipinski definition) is 4. The molecule has 0 aliphatic carbocycles. The largest absolute Gasteiger partial charge is 0.352 e. The lowest BCUT2D eigenvalue weighted by molar-refractivity contribution is 0.0949. The van der Waals surface area contributed by atoms with E-state index in [2.05, 4.69) is 24.3 Å². The van der Waals surface area contributed by atoms with Gasteiger partial charge < -0.3 is 5.32 Å². The molecule has 190 valence electrons. The Hall–Kier alpha value is -3.68. The first-order valence-corrected chi connectivity index (χ1v) is 12.6. The lowest BCUT2D eigenvalue weighted by Gasteiger charge is -2.12. The SMILES string of the molecule is Cc1ccc(C)c(Cn2nc3n(CCC(C)C)c(=O)c4ccc(C(=O)NCC(C)C)cc4n3c2=O)c1. The standard InChI is InChI=1S/C28H35N5O3/c1-17(2)11-12-31-26(35)23-10-9-21(25(34)29-15-18(3)4)14-24(23)33-27(31)30-32(28(33)36)16-22-13-19(5)7-8-20(22)6/h7-10,13-14,17-18H,11-12,15-16H2,1-6H3,(H,29,34). The number of nitrogens with zero attached hydrogens (tertiary/aromatic N) is 4. The van der Waals surface area contributed by atoms with Crippen LogP contribution in [0.2, 0.25) is 0 Å². The minimum atomic E-state index is -0.339. The second-order valence-electron chi connectivity index (χ2n) is 10.5. The van der Waals surface area contributed by atoms with Crippen molar-refractivity contribution in [2.45, 2.75) is 61.1 Å². The number of rotatable bonds is 8. The molecular formula is C28H35N5O3. The van der Waals surface area contributed by atoms with E-state index < -0.39 is 0 Å². The Morgan fingerprint density at radius 3 is 2.44 bits per heavy atom. The minimum absolute atomic E-state index is 0.212. The molecular weight excluding hydrogens is 454 g/mol. The molecule has 1 N–H and O–H groups in total. The van der Waals surface area contributed by atoms with E-state index in [9.17, 15) is 14.4 Å². The topological polar surface area (TPSA) is 90.4 Å². The van der Waals surface area contributed by atoms with Crippen LogP contribution >= 0.6 is 0 Å². The fraction of sp³-hybridized carbons (Fsp3) is 0.429. The molecule has 1 amide bonds. The van der Waals surface area contributed by atoms with E-state index in [1.807, 2.05) is 45.9 Å². The minimum Gasteiger partial charge on any atom is -0.352 e. The highest BCUT2D eigenvalue weighted by Crippen LogP contribution is 2.17.